The molecular formula is C19H38N2O3. The first kappa shape index (κ1) is 24.9. The Morgan fingerprint density at radius 1 is 1.21 bits per heavy atom. The standard InChI is InChI=1S/C16H30N2O3.C3H8/c1-8-21-15(20)12(2)10-9-11-18(7)14(19)13(17-6)16(3,4)5;1-3-2/h10,13,17H,8-9,11H2,1-7H3;3H2,1-2H3/b12-10+;. The molecule has 0 aliphatic rings. The Labute approximate surface area is 148 Å². The van der Waals surface area contributed by atoms with Gasteiger partial charge < -0.3 is 15.0 Å². The van der Waals surface area contributed by atoms with Gasteiger partial charge in [-0.15, -0.1) is 0 Å². The molecule has 0 rings (SSSR count). The number of esters is 1. The first-order valence-electron chi connectivity index (χ1n) is 8.82. The summed E-state index contributed by atoms with van der Waals surface area (Å²) in [5.41, 5.74) is 0.440. The van der Waals surface area contributed by atoms with Gasteiger partial charge in [-0.2, -0.15) is 0 Å². The molecule has 0 fully saturated rings. The van der Waals surface area contributed by atoms with E-state index in [1.165, 1.54) is 6.42 Å². The van der Waals surface area contributed by atoms with Crippen LogP contribution in [0.15, 0.2) is 11.6 Å². The maximum absolute atomic E-state index is 12.4. The van der Waals surface area contributed by atoms with Gasteiger partial charge in [0.15, 0.2) is 0 Å². The lowest BCUT2D eigenvalue weighted by Gasteiger charge is -2.32. The third-order valence-corrected chi connectivity index (χ3v) is 3.29. The molecule has 0 aromatic heterocycles. The number of rotatable bonds is 7. The predicted octanol–water partition coefficient (Wildman–Crippen LogP) is 3.39. The minimum atomic E-state index is -0.297. The highest BCUT2D eigenvalue weighted by molar-refractivity contribution is 5.87. The molecule has 0 aliphatic heterocycles. The summed E-state index contributed by atoms with van der Waals surface area (Å²) in [5.74, 6) is -0.235. The molecule has 0 saturated carbocycles. The molecule has 1 amide bonds. The number of amides is 1. The van der Waals surface area contributed by atoms with E-state index in [0.29, 0.717) is 25.1 Å². The zero-order chi connectivity index (χ0) is 19.3. The van der Waals surface area contributed by atoms with Gasteiger partial charge in [0.05, 0.1) is 12.6 Å². The average Bonchev–Trinajstić information content (AvgIpc) is 2.47. The SMILES string of the molecule is CCC.CCOC(=O)/C(C)=C/CCN(C)C(=O)C(NC)C(C)(C)C. The van der Waals surface area contributed by atoms with Gasteiger partial charge in [-0.3, -0.25) is 4.79 Å². The Balaban J connectivity index is 0. The van der Waals surface area contributed by atoms with Crippen LogP contribution >= 0.6 is 0 Å². The zero-order valence-electron chi connectivity index (χ0n) is 17.2. The highest BCUT2D eigenvalue weighted by Crippen LogP contribution is 2.20. The van der Waals surface area contributed by atoms with Crippen molar-refractivity contribution >= 4 is 11.9 Å². The largest absolute Gasteiger partial charge is 0.463 e. The lowest BCUT2D eigenvalue weighted by Crippen LogP contribution is -2.50. The summed E-state index contributed by atoms with van der Waals surface area (Å²) in [5, 5.41) is 3.08. The number of ether oxygens (including phenoxy) is 1. The molecule has 5 heteroatoms. The van der Waals surface area contributed by atoms with E-state index in [-0.39, 0.29) is 23.3 Å². The molecule has 0 aromatic carbocycles. The maximum atomic E-state index is 12.4. The van der Waals surface area contributed by atoms with Gasteiger partial charge in [-0.05, 0) is 32.7 Å². The van der Waals surface area contributed by atoms with Crippen LogP contribution in [0.25, 0.3) is 0 Å². The molecule has 0 bridgehead atoms. The molecule has 142 valence electrons. The number of carbonyl (C=O) groups is 2. The summed E-state index contributed by atoms with van der Waals surface area (Å²) < 4.78 is 4.91. The van der Waals surface area contributed by atoms with Gasteiger partial charge in [-0.1, -0.05) is 47.1 Å². The van der Waals surface area contributed by atoms with Crippen LogP contribution < -0.4 is 5.32 Å². The summed E-state index contributed by atoms with van der Waals surface area (Å²) in [6.07, 6.45) is 3.70. The van der Waals surface area contributed by atoms with E-state index in [4.69, 9.17) is 4.74 Å². The summed E-state index contributed by atoms with van der Waals surface area (Å²) in [4.78, 5) is 25.5. The molecule has 1 unspecified atom stereocenters. The van der Waals surface area contributed by atoms with Gasteiger partial charge in [0.25, 0.3) is 0 Å². The van der Waals surface area contributed by atoms with Crippen LogP contribution in [-0.2, 0) is 14.3 Å². The maximum Gasteiger partial charge on any atom is 0.333 e. The van der Waals surface area contributed by atoms with Crippen molar-refractivity contribution in [3.63, 3.8) is 0 Å². The first-order chi connectivity index (χ1) is 11.1. The van der Waals surface area contributed by atoms with Crippen molar-refractivity contribution in [3.8, 4) is 0 Å². The predicted molar refractivity (Wildman–Crippen MR) is 101 cm³/mol. The summed E-state index contributed by atoms with van der Waals surface area (Å²) in [6, 6.07) is -0.224. The number of nitrogens with one attached hydrogen (secondary N) is 1. The highest BCUT2D eigenvalue weighted by atomic mass is 16.5. The van der Waals surface area contributed by atoms with Crippen molar-refractivity contribution in [1.82, 2.24) is 10.2 Å². The second-order valence-corrected chi connectivity index (χ2v) is 6.95. The van der Waals surface area contributed by atoms with Crippen molar-refractivity contribution in [2.45, 2.75) is 67.3 Å². The number of likely N-dealkylation sites (N-methyl/N-ethyl adjacent to an activating group) is 2. The normalized spacial score (nSPS) is 12.8. The molecular weight excluding hydrogens is 304 g/mol. The smallest absolute Gasteiger partial charge is 0.333 e. The quantitative estimate of drug-likeness (QED) is 0.569. The molecule has 0 heterocycles. The minimum absolute atomic E-state index is 0.0622. The van der Waals surface area contributed by atoms with E-state index in [2.05, 4.69) is 19.2 Å². The molecule has 5 nitrogen and oxygen atoms in total. The van der Waals surface area contributed by atoms with Gasteiger partial charge in [0.1, 0.15) is 0 Å². The Morgan fingerprint density at radius 2 is 1.71 bits per heavy atom. The van der Waals surface area contributed by atoms with Crippen molar-refractivity contribution in [2.24, 2.45) is 5.41 Å². The molecule has 0 aromatic rings. The lowest BCUT2D eigenvalue weighted by molar-refractivity contribution is -0.138. The fourth-order valence-corrected chi connectivity index (χ4v) is 2.06. The van der Waals surface area contributed by atoms with E-state index < -0.39 is 0 Å². The van der Waals surface area contributed by atoms with Crippen molar-refractivity contribution in [2.75, 3.05) is 27.2 Å². The zero-order valence-corrected chi connectivity index (χ0v) is 17.2. The van der Waals surface area contributed by atoms with Crippen molar-refractivity contribution < 1.29 is 14.3 Å². The van der Waals surface area contributed by atoms with E-state index in [1.807, 2.05) is 26.8 Å². The number of hydrogen-bond acceptors (Lipinski definition) is 4. The van der Waals surface area contributed by atoms with Crippen molar-refractivity contribution in [1.29, 1.82) is 0 Å². The van der Waals surface area contributed by atoms with Crippen LogP contribution in [0.3, 0.4) is 0 Å². The molecule has 1 atom stereocenters. The highest BCUT2D eigenvalue weighted by Gasteiger charge is 2.31. The molecule has 0 saturated heterocycles. The second-order valence-electron chi connectivity index (χ2n) is 6.95. The second kappa shape index (κ2) is 13.0. The topological polar surface area (TPSA) is 58.6 Å². The third kappa shape index (κ3) is 10.4. The van der Waals surface area contributed by atoms with E-state index in [9.17, 15) is 9.59 Å². The van der Waals surface area contributed by atoms with Gasteiger partial charge in [0.2, 0.25) is 5.91 Å². The number of hydrogen-bond donors (Lipinski definition) is 1. The minimum Gasteiger partial charge on any atom is -0.463 e. The summed E-state index contributed by atoms with van der Waals surface area (Å²) in [6.45, 7) is 14.8. The van der Waals surface area contributed by atoms with Crippen molar-refractivity contribution in [3.05, 3.63) is 11.6 Å². The van der Waals surface area contributed by atoms with E-state index >= 15 is 0 Å². The summed E-state index contributed by atoms with van der Waals surface area (Å²) in [7, 11) is 3.58. The van der Waals surface area contributed by atoms with Crippen LogP contribution in [0.5, 0.6) is 0 Å². The average molecular weight is 343 g/mol. The number of nitrogens with zero attached hydrogens (tertiary/aromatic N) is 1. The third-order valence-electron chi connectivity index (χ3n) is 3.29. The monoisotopic (exact) mass is 342 g/mol. The van der Waals surface area contributed by atoms with Crippen LogP contribution in [0.4, 0.5) is 0 Å². The Bertz CT molecular complexity index is 398. The van der Waals surface area contributed by atoms with Gasteiger partial charge in [-0.25, -0.2) is 4.79 Å². The Hall–Kier alpha value is -1.36. The first-order valence-corrected chi connectivity index (χ1v) is 8.82. The molecule has 0 radical (unpaired) electrons. The molecule has 1 N–H and O–H groups in total. The fourth-order valence-electron chi connectivity index (χ4n) is 2.06. The molecule has 0 spiro atoms. The van der Waals surface area contributed by atoms with Crippen LogP contribution in [-0.4, -0.2) is 50.1 Å². The lowest BCUT2D eigenvalue weighted by atomic mass is 9.86. The molecule has 0 aliphatic carbocycles. The number of carbonyl (C=O) groups excluding carboxylic acids is 2. The summed E-state index contributed by atoms with van der Waals surface area (Å²) >= 11 is 0. The van der Waals surface area contributed by atoms with Crippen LogP contribution in [0.2, 0.25) is 0 Å². The van der Waals surface area contributed by atoms with Gasteiger partial charge in [0, 0.05) is 19.2 Å². The van der Waals surface area contributed by atoms with Crippen LogP contribution in [0.1, 0.15) is 61.3 Å². The van der Waals surface area contributed by atoms with Crippen LogP contribution in [0, 0.1) is 5.41 Å². The Morgan fingerprint density at radius 3 is 2.08 bits per heavy atom. The fraction of sp³-hybridized carbons (Fsp3) is 0.789. The Kier molecular flexibility index (Phi) is 13.5. The van der Waals surface area contributed by atoms with E-state index in [0.717, 1.165) is 0 Å². The molecule has 24 heavy (non-hydrogen) atoms. The van der Waals surface area contributed by atoms with E-state index in [1.54, 1.807) is 32.8 Å². The van der Waals surface area contributed by atoms with Gasteiger partial charge >= 0.3 is 5.97 Å².